The SMILES string of the molecule is CSc1ccc(-c2cn3nc(O[C@@H](C)C4CCN(c5nc(C(C)C)no5)CC4)sc3n2)c(C)n1. The molecule has 5 rings (SSSR count). The third-order valence-electron chi connectivity index (χ3n) is 6.28. The summed E-state index contributed by atoms with van der Waals surface area (Å²) in [4.78, 5) is 16.9. The minimum atomic E-state index is 0.0666. The molecule has 0 radical (unpaired) electrons. The van der Waals surface area contributed by atoms with Crippen molar-refractivity contribution >= 4 is 34.1 Å². The van der Waals surface area contributed by atoms with Gasteiger partial charge in [-0.15, -0.1) is 16.9 Å². The third-order valence-corrected chi connectivity index (χ3v) is 7.74. The molecule has 11 heteroatoms. The van der Waals surface area contributed by atoms with Crippen LogP contribution in [0.1, 0.15) is 51.0 Å². The van der Waals surface area contributed by atoms with Crippen molar-refractivity contribution < 1.29 is 9.26 Å². The van der Waals surface area contributed by atoms with E-state index in [1.54, 1.807) is 16.3 Å². The molecular weight excluding hydrogens is 470 g/mol. The Hall–Kier alpha value is -2.66. The monoisotopic (exact) mass is 499 g/mol. The van der Waals surface area contributed by atoms with Crippen LogP contribution in [0.4, 0.5) is 6.01 Å². The van der Waals surface area contributed by atoms with E-state index in [4.69, 9.17) is 14.2 Å². The van der Waals surface area contributed by atoms with Crippen LogP contribution in [0.3, 0.4) is 0 Å². The van der Waals surface area contributed by atoms with E-state index in [0.717, 1.165) is 58.7 Å². The van der Waals surface area contributed by atoms with E-state index in [9.17, 15) is 0 Å². The van der Waals surface area contributed by atoms with Crippen LogP contribution < -0.4 is 9.64 Å². The van der Waals surface area contributed by atoms with Crippen LogP contribution >= 0.6 is 23.1 Å². The number of hydrogen-bond acceptors (Lipinski definition) is 10. The molecule has 180 valence electrons. The van der Waals surface area contributed by atoms with E-state index in [-0.39, 0.29) is 12.0 Å². The van der Waals surface area contributed by atoms with Crippen molar-refractivity contribution in [2.24, 2.45) is 5.92 Å². The van der Waals surface area contributed by atoms with Gasteiger partial charge in [-0.2, -0.15) is 4.98 Å². The first-order valence-corrected chi connectivity index (χ1v) is 13.6. The summed E-state index contributed by atoms with van der Waals surface area (Å²) in [7, 11) is 0. The van der Waals surface area contributed by atoms with Crippen LogP contribution in [-0.4, -0.2) is 55.2 Å². The highest BCUT2D eigenvalue weighted by Gasteiger charge is 2.28. The molecule has 1 aliphatic rings. The summed E-state index contributed by atoms with van der Waals surface area (Å²) < 4.78 is 13.5. The van der Waals surface area contributed by atoms with Crippen molar-refractivity contribution in [3.05, 3.63) is 29.8 Å². The molecule has 0 unspecified atom stereocenters. The molecule has 1 atom stereocenters. The predicted octanol–water partition coefficient (Wildman–Crippen LogP) is 5.07. The van der Waals surface area contributed by atoms with Gasteiger partial charge < -0.3 is 14.2 Å². The summed E-state index contributed by atoms with van der Waals surface area (Å²) in [6.45, 7) is 10.0. The van der Waals surface area contributed by atoms with Crippen molar-refractivity contribution in [3.8, 4) is 16.5 Å². The lowest BCUT2D eigenvalue weighted by Crippen LogP contribution is -2.38. The Morgan fingerprint density at radius 1 is 1.15 bits per heavy atom. The summed E-state index contributed by atoms with van der Waals surface area (Å²) in [5.41, 5.74) is 2.87. The number of aryl methyl sites for hydroxylation is 1. The molecule has 1 aliphatic heterocycles. The minimum absolute atomic E-state index is 0.0666. The van der Waals surface area contributed by atoms with Gasteiger partial charge >= 0.3 is 6.01 Å². The zero-order valence-corrected chi connectivity index (χ0v) is 21.7. The molecule has 9 nitrogen and oxygen atoms in total. The van der Waals surface area contributed by atoms with E-state index in [0.29, 0.717) is 17.1 Å². The Kier molecular flexibility index (Phi) is 6.48. The molecular formula is C23H29N7O2S2. The standard InChI is InChI=1S/C23H29N7O2S2/c1-13(2)20-26-21(32-28-20)29-10-8-16(9-11-29)15(4)31-23-27-30-12-18(25-22(30)34-23)17-6-7-19(33-5)24-14(17)3/h6-7,12-13,15-16H,8-11H2,1-5H3/t15-/m0/s1. The topological polar surface area (TPSA) is 94.5 Å². The lowest BCUT2D eigenvalue weighted by molar-refractivity contribution is 0.130. The lowest BCUT2D eigenvalue weighted by atomic mass is 9.92. The number of piperidine rings is 1. The molecule has 1 saturated heterocycles. The zero-order valence-electron chi connectivity index (χ0n) is 20.1. The second-order valence-corrected chi connectivity index (χ2v) is 10.7. The average Bonchev–Trinajstić information content (AvgIpc) is 3.54. The number of thioether (sulfide) groups is 1. The number of imidazole rings is 1. The number of anilines is 1. The Morgan fingerprint density at radius 2 is 1.94 bits per heavy atom. The fraction of sp³-hybridized carbons (Fsp3) is 0.522. The van der Waals surface area contributed by atoms with Crippen LogP contribution in [0.25, 0.3) is 16.2 Å². The van der Waals surface area contributed by atoms with E-state index in [1.165, 1.54) is 11.3 Å². The fourth-order valence-corrected chi connectivity index (χ4v) is 5.43. The van der Waals surface area contributed by atoms with Gasteiger partial charge in [-0.25, -0.2) is 14.5 Å². The Bertz CT molecular complexity index is 1240. The number of ether oxygens (including phenoxy) is 1. The summed E-state index contributed by atoms with van der Waals surface area (Å²) in [5, 5.41) is 10.4. The van der Waals surface area contributed by atoms with Gasteiger partial charge in [0.2, 0.25) is 4.96 Å². The van der Waals surface area contributed by atoms with Crippen LogP contribution in [-0.2, 0) is 0 Å². The lowest BCUT2D eigenvalue weighted by Gasteiger charge is -2.33. The first-order chi connectivity index (χ1) is 16.4. The van der Waals surface area contributed by atoms with E-state index >= 15 is 0 Å². The molecule has 0 bridgehead atoms. The third kappa shape index (κ3) is 4.63. The molecule has 0 N–H and O–H groups in total. The maximum Gasteiger partial charge on any atom is 0.324 e. The van der Waals surface area contributed by atoms with Gasteiger partial charge in [0, 0.05) is 30.3 Å². The van der Waals surface area contributed by atoms with Crippen LogP contribution in [0, 0.1) is 12.8 Å². The van der Waals surface area contributed by atoms with Gasteiger partial charge in [0.05, 0.1) is 16.9 Å². The predicted molar refractivity (Wildman–Crippen MR) is 134 cm³/mol. The molecule has 1 fully saturated rings. The molecule has 5 heterocycles. The number of fused-ring (bicyclic) bond motifs is 1. The van der Waals surface area contributed by atoms with Gasteiger partial charge in [0.25, 0.3) is 5.19 Å². The number of hydrogen-bond donors (Lipinski definition) is 0. The smallest absolute Gasteiger partial charge is 0.324 e. The first kappa shape index (κ1) is 23.1. The summed E-state index contributed by atoms with van der Waals surface area (Å²) in [6, 6.07) is 4.72. The summed E-state index contributed by atoms with van der Waals surface area (Å²) in [6.07, 6.45) is 6.05. The highest BCUT2D eigenvalue weighted by molar-refractivity contribution is 7.98. The van der Waals surface area contributed by atoms with Crippen LogP contribution in [0.2, 0.25) is 0 Å². The maximum atomic E-state index is 6.23. The molecule has 4 aromatic rings. The molecule has 34 heavy (non-hydrogen) atoms. The van der Waals surface area contributed by atoms with Crippen molar-refractivity contribution in [2.75, 3.05) is 24.2 Å². The molecule has 0 saturated carbocycles. The van der Waals surface area contributed by atoms with E-state index in [1.807, 2.05) is 25.4 Å². The van der Waals surface area contributed by atoms with Gasteiger partial charge in [-0.05, 0) is 62.3 Å². The van der Waals surface area contributed by atoms with Crippen LogP contribution in [0.15, 0.2) is 27.9 Å². The molecule has 0 aromatic carbocycles. The summed E-state index contributed by atoms with van der Waals surface area (Å²) >= 11 is 3.11. The van der Waals surface area contributed by atoms with E-state index < -0.39 is 0 Å². The first-order valence-electron chi connectivity index (χ1n) is 11.5. The highest BCUT2D eigenvalue weighted by atomic mass is 32.2. The second-order valence-electron chi connectivity index (χ2n) is 8.95. The molecule has 0 aliphatic carbocycles. The van der Waals surface area contributed by atoms with Crippen molar-refractivity contribution in [1.82, 2.24) is 29.7 Å². The van der Waals surface area contributed by atoms with Gasteiger partial charge in [-0.3, -0.25) is 0 Å². The average molecular weight is 500 g/mol. The Labute approximate surface area is 206 Å². The van der Waals surface area contributed by atoms with E-state index in [2.05, 4.69) is 52.0 Å². The van der Waals surface area contributed by atoms with Crippen molar-refractivity contribution in [2.45, 2.75) is 57.6 Å². The van der Waals surface area contributed by atoms with Gasteiger partial charge in [0.1, 0.15) is 6.10 Å². The zero-order chi connectivity index (χ0) is 23.8. The Balaban J connectivity index is 1.20. The number of rotatable bonds is 7. The normalized spacial score (nSPS) is 16.0. The van der Waals surface area contributed by atoms with Crippen molar-refractivity contribution in [1.29, 1.82) is 0 Å². The molecule has 0 amide bonds. The highest BCUT2D eigenvalue weighted by Crippen LogP contribution is 2.31. The maximum absolute atomic E-state index is 6.23. The van der Waals surface area contributed by atoms with Crippen molar-refractivity contribution in [3.63, 3.8) is 0 Å². The number of nitrogens with zero attached hydrogens (tertiary/aromatic N) is 7. The quantitative estimate of drug-likeness (QED) is 0.323. The Morgan fingerprint density at radius 3 is 2.59 bits per heavy atom. The molecule has 0 spiro atoms. The van der Waals surface area contributed by atoms with Crippen LogP contribution in [0.5, 0.6) is 5.19 Å². The van der Waals surface area contributed by atoms with Gasteiger partial charge in [0.15, 0.2) is 5.82 Å². The summed E-state index contributed by atoms with van der Waals surface area (Å²) in [5.74, 6) is 1.47. The second kappa shape index (κ2) is 9.53. The fourth-order valence-electron chi connectivity index (χ4n) is 4.19. The molecule has 4 aromatic heterocycles. The number of pyridine rings is 1. The van der Waals surface area contributed by atoms with Gasteiger partial charge in [-0.1, -0.05) is 19.0 Å². The largest absolute Gasteiger partial charge is 0.466 e. The minimum Gasteiger partial charge on any atom is -0.466 e. The number of aromatic nitrogens is 6.